The van der Waals surface area contributed by atoms with Gasteiger partial charge >= 0.3 is 11.9 Å². The summed E-state index contributed by atoms with van der Waals surface area (Å²) < 4.78 is 34.9. The quantitative estimate of drug-likeness (QED) is 0.0839. The summed E-state index contributed by atoms with van der Waals surface area (Å²) in [4.78, 5) is 73.9. The van der Waals surface area contributed by atoms with Crippen molar-refractivity contribution < 1.29 is 57.5 Å². The van der Waals surface area contributed by atoms with E-state index in [9.17, 15) is 29.1 Å². The Labute approximate surface area is 361 Å². The van der Waals surface area contributed by atoms with Crippen LogP contribution < -0.4 is 10.6 Å². The Morgan fingerprint density at radius 3 is 1.97 bits per heavy atom. The molecule has 2 aromatic rings. The third-order valence-electron chi connectivity index (χ3n) is 12.4. The molecule has 3 N–H and O–H groups in total. The summed E-state index contributed by atoms with van der Waals surface area (Å²) in [6, 6.07) is 14.0. The number of aliphatic imine (C=N–C) groups is 2. The lowest BCUT2D eigenvalue weighted by molar-refractivity contribution is -0.189. The van der Waals surface area contributed by atoms with Gasteiger partial charge < -0.3 is 49.0 Å². The minimum absolute atomic E-state index is 0.0608. The number of aldehydes is 1. The van der Waals surface area contributed by atoms with E-state index < -0.39 is 35.6 Å². The van der Waals surface area contributed by atoms with Gasteiger partial charge in [0.25, 0.3) is 11.8 Å². The fourth-order valence-corrected chi connectivity index (χ4v) is 9.11. The molecule has 7 rings (SSSR count). The lowest BCUT2D eigenvalue weighted by atomic mass is 9.75. The van der Waals surface area contributed by atoms with Gasteiger partial charge in [0.15, 0.2) is 12.6 Å². The number of carbonyl (C=O) groups is 5. The first-order valence-corrected chi connectivity index (χ1v) is 22.2. The highest BCUT2D eigenvalue weighted by molar-refractivity contribution is 6.01. The van der Waals surface area contributed by atoms with Crippen LogP contribution in [-0.2, 0) is 42.8 Å². The van der Waals surface area contributed by atoms with Gasteiger partial charge in [0.05, 0.1) is 44.2 Å². The highest BCUT2D eigenvalue weighted by Gasteiger charge is 2.49. The average molecular weight is 859 g/mol. The third kappa shape index (κ3) is 11.4. The van der Waals surface area contributed by atoms with Crippen molar-refractivity contribution in [2.75, 3.05) is 52.6 Å². The maximum absolute atomic E-state index is 13.6. The summed E-state index contributed by atoms with van der Waals surface area (Å²) in [5.41, 5.74) is 1.02. The molecule has 5 unspecified atom stereocenters. The molecule has 2 aliphatic heterocycles. The zero-order chi connectivity index (χ0) is 43.3. The van der Waals surface area contributed by atoms with Crippen molar-refractivity contribution in [2.24, 2.45) is 27.7 Å². The minimum atomic E-state index is -1.32. The molecule has 0 spiro atoms. The number of rotatable bonds is 18. The molecule has 3 aliphatic carbocycles. The summed E-state index contributed by atoms with van der Waals surface area (Å²) in [6.45, 7) is 2.47. The highest BCUT2D eigenvalue weighted by atomic mass is 16.6. The van der Waals surface area contributed by atoms with Gasteiger partial charge in [0.1, 0.15) is 31.5 Å². The molecule has 2 amide bonds. The van der Waals surface area contributed by atoms with Gasteiger partial charge in [-0.15, -0.1) is 0 Å². The van der Waals surface area contributed by atoms with Crippen LogP contribution in [0.15, 0.2) is 58.5 Å². The first kappa shape index (κ1) is 44.9. The lowest BCUT2D eigenvalue weighted by Crippen LogP contribution is -2.51. The zero-order valence-corrected chi connectivity index (χ0v) is 35.1. The molecule has 62 heavy (non-hydrogen) atoms. The lowest BCUT2D eigenvalue weighted by Gasteiger charge is -2.42. The summed E-state index contributed by atoms with van der Waals surface area (Å²) >= 11 is 0. The predicted molar refractivity (Wildman–Crippen MR) is 225 cm³/mol. The standard InChI is InChI=1S/C46H58N4O12/c51-29-46(18-4-3-13-38(46)45(56)60-26-20-48-40(53)31-8-6-10-33(28-31)42-50-22-24-58-42)62-35-16-14-34(15-17-35)61-44(55)37-12-2-1-11-36(37)43(54)59-25-19-47-39(52)30-7-5-9-32(27-30)41-49-21-23-57-41/h5-10,27-29,34-38,43,54H,1-4,11-26H2,(H,47,52)(H,48,53). The van der Waals surface area contributed by atoms with E-state index in [1.807, 2.05) is 12.1 Å². The summed E-state index contributed by atoms with van der Waals surface area (Å²) in [6.07, 6.45) is 6.27. The number of nitrogens with zero attached hydrogens (tertiary/aromatic N) is 2. The van der Waals surface area contributed by atoms with Crippen LogP contribution in [0.2, 0.25) is 0 Å². The first-order valence-electron chi connectivity index (χ1n) is 22.2. The van der Waals surface area contributed by atoms with Crippen molar-refractivity contribution in [1.29, 1.82) is 0 Å². The normalized spacial score (nSPS) is 26.4. The molecule has 0 bridgehead atoms. The first-order chi connectivity index (χ1) is 30.2. The molecule has 0 radical (unpaired) electrons. The summed E-state index contributed by atoms with van der Waals surface area (Å²) in [5, 5.41) is 16.6. The number of benzene rings is 2. The molecule has 16 heteroatoms. The number of nitrogens with one attached hydrogen (secondary N) is 2. The SMILES string of the molecule is O=CC1(OC2CCC(OC(=O)C3CCCCC3C(O)OCCNC(=O)c3cccc(C4=NCCO4)c3)CC2)CCCCC1C(=O)OCCNC(=O)c1cccc(C2=NCCO2)c1. The zero-order valence-electron chi connectivity index (χ0n) is 35.1. The fraction of sp³-hybridized carbons (Fsp3) is 0.587. The smallest absolute Gasteiger partial charge is 0.312 e. The van der Waals surface area contributed by atoms with E-state index in [0.717, 1.165) is 43.1 Å². The second-order valence-electron chi connectivity index (χ2n) is 16.6. The van der Waals surface area contributed by atoms with Crippen LogP contribution in [0.5, 0.6) is 0 Å². The van der Waals surface area contributed by atoms with Gasteiger partial charge in [0, 0.05) is 34.7 Å². The van der Waals surface area contributed by atoms with Gasteiger partial charge in [-0.3, -0.25) is 19.2 Å². The van der Waals surface area contributed by atoms with E-state index in [-0.39, 0.29) is 56.3 Å². The maximum atomic E-state index is 13.6. The molecular weight excluding hydrogens is 801 g/mol. The van der Waals surface area contributed by atoms with E-state index in [0.29, 0.717) is 101 Å². The molecule has 5 aliphatic rings. The van der Waals surface area contributed by atoms with Crippen LogP contribution in [0.3, 0.4) is 0 Å². The van der Waals surface area contributed by atoms with Crippen molar-refractivity contribution >= 4 is 41.8 Å². The Kier molecular flexibility index (Phi) is 15.7. The number of aliphatic hydroxyl groups is 1. The van der Waals surface area contributed by atoms with E-state index >= 15 is 0 Å². The molecule has 3 fully saturated rings. The number of aliphatic hydroxyl groups excluding tert-OH is 1. The van der Waals surface area contributed by atoms with Gasteiger partial charge in [-0.05, 0) is 87.8 Å². The Morgan fingerprint density at radius 2 is 1.35 bits per heavy atom. The Morgan fingerprint density at radius 1 is 0.758 bits per heavy atom. The van der Waals surface area contributed by atoms with Crippen molar-refractivity contribution in [1.82, 2.24) is 10.6 Å². The number of ether oxygens (including phenoxy) is 6. The predicted octanol–water partition coefficient (Wildman–Crippen LogP) is 4.08. The average Bonchev–Trinajstić information content (AvgIpc) is 4.07. The molecule has 16 nitrogen and oxygen atoms in total. The topological polar surface area (TPSA) is 210 Å². The Bertz CT molecular complexity index is 1960. The second kappa shape index (κ2) is 21.7. The highest BCUT2D eigenvalue weighted by Crippen LogP contribution is 2.40. The number of hydrogen-bond acceptors (Lipinski definition) is 14. The minimum Gasteiger partial charge on any atom is -0.476 e. The number of hydrogen-bond donors (Lipinski definition) is 3. The van der Waals surface area contributed by atoms with Gasteiger partial charge in [-0.2, -0.15) is 0 Å². The molecule has 0 saturated heterocycles. The van der Waals surface area contributed by atoms with Crippen molar-refractivity contribution in [3.63, 3.8) is 0 Å². The van der Waals surface area contributed by atoms with E-state index in [1.54, 1.807) is 36.4 Å². The number of amides is 2. The Hall–Kier alpha value is -5.19. The van der Waals surface area contributed by atoms with Crippen molar-refractivity contribution in [2.45, 2.75) is 101 Å². The van der Waals surface area contributed by atoms with Gasteiger partial charge in [-0.25, -0.2) is 9.98 Å². The van der Waals surface area contributed by atoms with Gasteiger partial charge in [0.2, 0.25) is 11.8 Å². The molecule has 3 saturated carbocycles. The monoisotopic (exact) mass is 858 g/mol. The Balaban J connectivity index is 0.825. The van der Waals surface area contributed by atoms with Crippen LogP contribution in [-0.4, -0.2) is 124 Å². The van der Waals surface area contributed by atoms with Crippen molar-refractivity contribution in [3.05, 3.63) is 70.8 Å². The van der Waals surface area contributed by atoms with E-state index in [1.165, 1.54) is 0 Å². The molecule has 2 heterocycles. The third-order valence-corrected chi connectivity index (χ3v) is 12.4. The molecule has 5 atom stereocenters. The van der Waals surface area contributed by atoms with Crippen LogP contribution >= 0.6 is 0 Å². The van der Waals surface area contributed by atoms with Crippen LogP contribution in [0.4, 0.5) is 0 Å². The van der Waals surface area contributed by atoms with E-state index in [2.05, 4.69) is 20.6 Å². The molecule has 0 aromatic heterocycles. The largest absolute Gasteiger partial charge is 0.476 e. The summed E-state index contributed by atoms with van der Waals surface area (Å²) in [7, 11) is 0. The summed E-state index contributed by atoms with van der Waals surface area (Å²) in [5.74, 6) is -2.21. The molecular formula is C46H58N4O12. The molecule has 334 valence electrons. The van der Waals surface area contributed by atoms with Crippen LogP contribution in [0.1, 0.15) is 109 Å². The number of esters is 2. The van der Waals surface area contributed by atoms with Gasteiger partial charge in [-0.1, -0.05) is 37.8 Å². The van der Waals surface area contributed by atoms with E-state index in [4.69, 9.17) is 28.4 Å². The number of carbonyl (C=O) groups excluding carboxylic acids is 5. The van der Waals surface area contributed by atoms with Crippen LogP contribution in [0.25, 0.3) is 0 Å². The fourth-order valence-electron chi connectivity index (χ4n) is 9.11. The molecule has 2 aromatic carbocycles. The van der Waals surface area contributed by atoms with Crippen molar-refractivity contribution in [3.8, 4) is 0 Å². The second-order valence-corrected chi connectivity index (χ2v) is 16.6. The maximum Gasteiger partial charge on any atom is 0.312 e. The van der Waals surface area contributed by atoms with Crippen LogP contribution in [0, 0.1) is 17.8 Å².